The van der Waals surface area contributed by atoms with Crippen LogP contribution in [0.2, 0.25) is 0 Å². The zero-order valence-electron chi connectivity index (χ0n) is 7.66. The van der Waals surface area contributed by atoms with Crippen molar-refractivity contribution in [2.45, 2.75) is 24.9 Å². The molecule has 1 aromatic rings. The fourth-order valence-electron chi connectivity index (χ4n) is 2.12. The number of hydrogen-bond acceptors (Lipinski definition) is 1. The van der Waals surface area contributed by atoms with Gasteiger partial charge in [0.05, 0.1) is 5.60 Å². The second-order valence-electron chi connectivity index (χ2n) is 3.68. The second-order valence-corrected chi connectivity index (χ2v) is 3.68. The minimum absolute atomic E-state index is 0.641. The van der Waals surface area contributed by atoms with Crippen LogP contribution in [0, 0.1) is 0 Å². The van der Waals surface area contributed by atoms with E-state index < -0.39 is 5.60 Å². The Hall–Kier alpha value is -1.08. The third kappa shape index (κ3) is 1.29. The molecule has 0 fully saturated rings. The Morgan fingerprint density at radius 3 is 3.00 bits per heavy atom. The standard InChI is InChI=1S/C12H14O/c1-2-8-12(13)9-7-10-5-3-4-6-11(10)12/h2-6,13H,1,7-9H2/t12-/m0/s1. The predicted molar refractivity (Wildman–Crippen MR) is 53.5 cm³/mol. The van der Waals surface area contributed by atoms with Gasteiger partial charge in [-0.05, 0) is 30.4 Å². The van der Waals surface area contributed by atoms with Gasteiger partial charge in [0.1, 0.15) is 0 Å². The van der Waals surface area contributed by atoms with Crippen LogP contribution in [-0.4, -0.2) is 5.11 Å². The van der Waals surface area contributed by atoms with Crippen molar-refractivity contribution in [3.8, 4) is 0 Å². The average Bonchev–Trinajstić information content (AvgIpc) is 2.46. The van der Waals surface area contributed by atoms with E-state index in [9.17, 15) is 5.11 Å². The fraction of sp³-hybridized carbons (Fsp3) is 0.333. The molecule has 1 aromatic carbocycles. The Labute approximate surface area is 78.7 Å². The van der Waals surface area contributed by atoms with Crippen molar-refractivity contribution in [3.63, 3.8) is 0 Å². The molecular formula is C12H14O. The quantitative estimate of drug-likeness (QED) is 0.682. The summed E-state index contributed by atoms with van der Waals surface area (Å²) in [5.41, 5.74) is 1.74. The Balaban J connectivity index is 2.42. The molecule has 0 spiro atoms. The largest absolute Gasteiger partial charge is 0.385 e. The minimum atomic E-state index is -0.641. The number of hydrogen-bond donors (Lipinski definition) is 1. The van der Waals surface area contributed by atoms with Gasteiger partial charge < -0.3 is 5.11 Å². The molecule has 0 unspecified atom stereocenters. The number of fused-ring (bicyclic) bond motifs is 1. The van der Waals surface area contributed by atoms with Crippen molar-refractivity contribution in [3.05, 3.63) is 48.0 Å². The SMILES string of the molecule is C=CC[C@]1(O)CCc2ccccc21. The molecule has 1 atom stereocenters. The van der Waals surface area contributed by atoms with Crippen molar-refractivity contribution >= 4 is 0 Å². The predicted octanol–water partition coefficient (Wildman–Crippen LogP) is 2.40. The molecule has 0 bridgehead atoms. The average molecular weight is 174 g/mol. The molecule has 68 valence electrons. The van der Waals surface area contributed by atoms with E-state index in [0.717, 1.165) is 18.4 Å². The lowest BCUT2D eigenvalue weighted by Gasteiger charge is -2.21. The number of benzene rings is 1. The van der Waals surface area contributed by atoms with E-state index in [1.807, 2.05) is 18.2 Å². The minimum Gasteiger partial charge on any atom is -0.385 e. The third-order valence-electron chi connectivity index (χ3n) is 2.81. The molecule has 0 radical (unpaired) electrons. The molecule has 1 N–H and O–H groups in total. The van der Waals surface area contributed by atoms with Crippen LogP contribution in [-0.2, 0) is 12.0 Å². The van der Waals surface area contributed by atoms with E-state index in [1.165, 1.54) is 5.56 Å². The molecular weight excluding hydrogens is 160 g/mol. The van der Waals surface area contributed by atoms with Crippen LogP contribution in [0.1, 0.15) is 24.0 Å². The molecule has 13 heavy (non-hydrogen) atoms. The summed E-state index contributed by atoms with van der Waals surface area (Å²) >= 11 is 0. The van der Waals surface area contributed by atoms with Crippen molar-refractivity contribution in [1.82, 2.24) is 0 Å². The van der Waals surface area contributed by atoms with Crippen LogP contribution >= 0.6 is 0 Å². The van der Waals surface area contributed by atoms with E-state index in [-0.39, 0.29) is 0 Å². The smallest absolute Gasteiger partial charge is 0.0936 e. The van der Waals surface area contributed by atoms with Crippen LogP contribution in [0.25, 0.3) is 0 Å². The topological polar surface area (TPSA) is 20.2 Å². The van der Waals surface area contributed by atoms with Crippen molar-refractivity contribution in [2.24, 2.45) is 0 Å². The molecule has 0 amide bonds. The molecule has 1 heteroatoms. The van der Waals surface area contributed by atoms with E-state index in [4.69, 9.17) is 0 Å². The first-order chi connectivity index (χ1) is 6.26. The van der Waals surface area contributed by atoms with Crippen LogP contribution in [0.5, 0.6) is 0 Å². The first kappa shape index (κ1) is 8.52. The zero-order valence-corrected chi connectivity index (χ0v) is 7.66. The maximum absolute atomic E-state index is 10.3. The summed E-state index contributed by atoms with van der Waals surface area (Å²) in [7, 11) is 0. The lowest BCUT2D eigenvalue weighted by molar-refractivity contribution is 0.0419. The van der Waals surface area contributed by atoms with E-state index in [2.05, 4.69) is 12.6 Å². The van der Waals surface area contributed by atoms with Gasteiger partial charge in [-0.15, -0.1) is 6.58 Å². The van der Waals surface area contributed by atoms with Gasteiger partial charge >= 0.3 is 0 Å². The number of aliphatic hydroxyl groups is 1. The van der Waals surface area contributed by atoms with Gasteiger partial charge in [0.25, 0.3) is 0 Å². The van der Waals surface area contributed by atoms with Crippen molar-refractivity contribution < 1.29 is 5.11 Å². The Bertz CT molecular complexity index is 330. The molecule has 0 aliphatic heterocycles. The van der Waals surface area contributed by atoms with Crippen LogP contribution in [0.15, 0.2) is 36.9 Å². The normalized spacial score (nSPS) is 25.6. The van der Waals surface area contributed by atoms with Gasteiger partial charge in [0, 0.05) is 0 Å². The summed E-state index contributed by atoms with van der Waals surface area (Å²) in [6.45, 7) is 3.68. The van der Waals surface area contributed by atoms with Gasteiger partial charge in [-0.1, -0.05) is 30.3 Å². The Kier molecular flexibility index (Phi) is 1.97. The molecule has 2 rings (SSSR count). The first-order valence-corrected chi connectivity index (χ1v) is 4.68. The molecule has 1 nitrogen and oxygen atoms in total. The highest BCUT2D eigenvalue weighted by Crippen LogP contribution is 2.39. The zero-order chi connectivity index (χ0) is 9.31. The van der Waals surface area contributed by atoms with E-state index >= 15 is 0 Å². The molecule has 0 aromatic heterocycles. The third-order valence-corrected chi connectivity index (χ3v) is 2.81. The summed E-state index contributed by atoms with van der Waals surface area (Å²) in [6.07, 6.45) is 4.27. The maximum Gasteiger partial charge on any atom is 0.0936 e. The van der Waals surface area contributed by atoms with Crippen molar-refractivity contribution in [2.75, 3.05) is 0 Å². The van der Waals surface area contributed by atoms with Gasteiger partial charge in [-0.2, -0.15) is 0 Å². The fourth-order valence-corrected chi connectivity index (χ4v) is 2.12. The van der Waals surface area contributed by atoms with Gasteiger partial charge in [-0.3, -0.25) is 0 Å². The summed E-state index contributed by atoms with van der Waals surface area (Å²) in [6, 6.07) is 8.12. The molecule has 0 saturated carbocycles. The summed E-state index contributed by atoms with van der Waals surface area (Å²) < 4.78 is 0. The summed E-state index contributed by atoms with van der Waals surface area (Å²) in [5, 5.41) is 10.3. The Morgan fingerprint density at radius 2 is 2.23 bits per heavy atom. The van der Waals surface area contributed by atoms with E-state index in [0.29, 0.717) is 6.42 Å². The lowest BCUT2D eigenvalue weighted by atomic mass is 9.92. The lowest BCUT2D eigenvalue weighted by Crippen LogP contribution is -2.20. The van der Waals surface area contributed by atoms with Crippen LogP contribution in [0.3, 0.4) is 0 Å². The molecule has 0 heterocycles. The highest BCUT2D eigenvalue weighted by atomic mass is 16.3. The molecule has 1 aliphatic carbocycles. The second kappa shape index (κ2) is 3.00. The highest BCUT2D eigenvalue weighted by molar-refractivity contribution is 5.37. The van der Waals surface area contributed by atoms with Crippen LogP contribution in [0.4, 0.5) is 0 Å². The van der Waals surface area contributed by atoms with Gasteiger partial charge in [0.15, 0.2) is 0 Å². The van der Waals surface area contributed by atoms with Gasteiger partial charge in [-0.25, -0.2) is 0 Å². The first-order valence-electron chi connectivity index (χ1n) is 4.68. The summed E-state index contributed by atoms with van der Waals surface area (Å²) in [4.78, 5) is 0. The van der Waals surface area contributed by atoms with Crippen molar-refractivity contribution in [1.29, 1.82) is 0 Å². The molecule has 1 aliphatic rings. The Morgan fingerprint density at radius 1 is 1.46 bits per heavy atom. The maximum atomic E-state index is 10.3. The molecule has 0 saturated heterocycles. The number of rotatable bonds is 2. The highest BCUT2D eigenvalue weighted by Gasteiger charge is 2.34. The number of aryl methyl sites for hydroxylation is 1. The monoisotopic (exact) mass is 174 g/mol. The summed E-state index contributed by atoms with van der Waals surface area (Å²) in [5.74, 6) is 0. The van der Waals surface area contributed by atoms with Crippen LogP contribution < -0.4 is 0 Å². The van der Waals surface area contributed by atoms with E-state index in [1.54, 1.807) is 6.08 Å². The van der Waals surface area contributed by atoms with Gasteiger partial charge in [0.2, 0.25) is 0 Å².